The molecule has 6 nitrogen and oxygen atoms in total. The Balaban J connectivity index is 1.58. The molecule has 1 heterocycles. The quantitative estimate of drug-likeness (QED) is 0.806. The van der Waals surface area contributed by atoms with Crippen molar-refractivity contribution in [3.8, 4) is 0 Å². The molecule has 2 aromatic rings. The highest BCUT2D eigenvalue weighted by Gasteiger charge is 2.22. The van der Waals surface area contributed by atoms with Gasteiger partial charge < -0.3 is 4.74 Å². The molecule has 0 amide bonds. The van der Waals surface area contributed by atoms with Crippen molar-refractivity contribution >= 4 is 32.8 Å². The van der Waals surface area contributed by atoms with Crippen LogP contribution in [0.25, 0.3) is 11.0 Å². The van der Waals surface area contributed by atoms with E-state index in [1.807, 2.05) is 0 Å². The predicted octanol–water partition coefficient (Wildman–Crippen LogP) is 2.56. The molecule has 23 heavy (non-hydrogen) atoms. The van der Waals surface area contributed by atoms with E-state index in [9.17, 15) is 8.42 Å². The van der Waals surface area contributed by atoms with Gasteiger partial charge in [0.15, 0.2) is 0 Å². The second-order valence-corrected chi connectivity index (χ2v) is 8.22. The maximum absolute atomic E-state index is 12.4. The van der Waals surface area contributed by atoms with Crippen LogP contribution < -0.4 is 4.72 Å². The van der Waals surface area contributed by atoms with E-state index < -0.39 is 10.0 Å². The summed E-state index contributed by atoms with van der Waals surface area (Å²) < 4.78 is 41.5. The molecule has 1 saturated carbocycles. The molecule has 0 bridgehead atoms. The molecule has 0 saturated heterocycles. The molecule has 0 aliphatic heterocycles. The van der Waals surface area contributed by atoms with Crippen LogP contribution in [0, 0.1) is 5.92 Å². The van der Waals surface area contributed by atoms with Crippen LogP contribution in [0.2, 0.25) is 0 Å². The molecule has 2 atom stereocenters. The molecule has 8 heteroatoms. The Kier molecular flexibility index (Phi) is 5.25. The molecule has 0 unspecified atom stereocenters. The zero-order valence-corrected chi connectivity index (χ0v) is 14.7. The van der Waals surface area contributed by atoms with Crippen LogP contribution in [0.1, 0.15) is 32.6 Å². The Labute approximate surface area is 140 Å². The second kappa shape index (κ2) is 7.21. The minimum absolute atomic E-state index is 0.176. The van der Waals surface area contributed by atoms with Crippen LogP contribution in [0.3, 0.4) is 0 Å². The van der Waals surface area contributed by atoms with Crippen LogP contribution >= 0.6 is 11.7 Å². The summed E-state index contributed by atoms with van der Waals surface area (Å²) in [4.78, 5) is 0.176. The zero-order valence-electron chi connectivity index (χ0n) is 13.1. The Morgan fingerprint density at radius 1 is 1.30 bits per heavy atom. The van der Waals surface area contributed by atoms with Gasteiger partial charge in [-0.25, -0.2) is 13.1 Å². The topological polar surface area (TPSA) is 81.2 Å². The van der Waals surface area contributed by atoms with Crippen molar-refractivity contribution in [2.24, 2.45) is 5.92 Å². The molecule has 1 aliphatic rings. The first kappa shape index (κ1) is 16.8. The smallest absolute Gasteiger partial charge is 0.242 e. The fourth-order valence-electron chi connectivity index (χ4n) is 2.99. The van der Waals surface area contributed by atoms with Gasteiger partial charge in [-0.05, 0) is 30.9 Å². The van der Waals surface area contributed by atoms with E-state index in [-0.39, 0.29) is 17.5 Å². The lowest BCUT2D eigenvalue weighted by Crippen LogP contribution is -2.32. The first-order chi connectivity index (χ1) is 11.1. The fraction of sp³-hybridized carbons (Fsp3) is 0.600. The summed E-state index contributed by atoms with van der Waals surface area (Å²) in [5, 5.41) is 0. The lowest BCUT2D eigenvalue weighted by Gasteiger charge is -2.28. The van der Waals surface area contributed by atoms with Crippen LogP contribution in [0.4, 0.5) is 0 Å². The number of ether oxygens (including phenoxy) is 1. The number of sulfonamides is 1. The number of nitrogens with zero attached hydrogens (tertiary/aromatic N) is 2. The average Bonchev–Trinajstić information content (AvgIpc) is 3.01. The Hall–Kier alpha value is -1.09. The number of rotatable bonds is 6. The third-order valence-corrected chi connectivity index (χ3v) is 6.33. The molecule has 1 aromatic heterocycles. The molecular formula is C15H21N3O3S2. The standard InChI is InChI=1S/C15H21N3O3S2/c1-11-5-2-3-7-13(11)21-10-9-16-23(19,20)14-8-4-6-12-15(14)18-22-17-12/h4,6,8,11,13,16H,2-3,5,7,9-10H2,1H3/t11-,13-/m1/s1. The number of aromatic nitrogens is 2. The number of hydrogen-bond donors (Lipinski definition) is 1. The highest BCUT2D eigenvalue weighted by molar-refractivity contribution is 7.89. The van der Waals surface area contributed by atoms with Crippen molar-refractivity contribution in [2.75, 3.05) is 13.2 Å². The number of hydrogen-bond acceptors (Lipinski definition) is 6. The highest BCUT2D eigenvalue weighted by Crippen LogP contribution is 2.26. The molecule has 1 fully saturated rings. The molecule has 1 N–H and O–H groups in total. The molecule has 3 rings (SSSR count). The van der Waals surface area contributed by atoms with E-state index in [4.69, 9.17) is 4.74 Å². The third-order valence-electron chi connectivity index (χ3n) is 4.30. The maximum Gasteiger partial charge on any atom is 0.242 e. The largest absolute Gasteiger partial charge is 0.377 e. The lowest BCUT2D eigenvalue weighted by atomic mass is 9.88. The van der Waals surface area contributed by atoms with Crippen LogP contribution in [-0.4, -0.2) is 36.4 Å². The van der Waals surface area contributed by atoms with E-state index in [1.54, 1.807) is 18.2 Å². The minimum Gasteiger partial charge on any atom is -0.377 e. The van der Waals surface area contributed by atoms with E-state index >= 15 is 0 Å². The number of fused-ring (bicyclic) bond motifs is 1. The average molecular weight is 355 g/mol. The van der Waals surface area contributed by atoms with Crippen molar-refractivity contribution in [1.82, 2.24) is 13.5 Å². The van der Waals surface area contributed by atoms with Crippen molar-refractivity contribution in [2.45, 2.75) is 43.6 Å². The highest BCUT2D eigenvalue weighted by atomic mass is 32.2. The van der Waals surface area contributed by atoms with Gasteiger partial charge in [0.25, 0.3) is 0 Å². The number of benzene rings is 1. The summed E-state index contributed by atoms with van der Waals surface area (Å²) >= 11 is 1.01. The van der Waals surface area contributed by atoms with Crippen LogP contribution in [0.15, 0.2) is 23.1 Å². The summed E-state index contributed by atoms with van der Waals surface area (Å²) in [6, 6.07) is 4.99. The van der Waals surface area contributed by atoms with Gasteiger partial charge in [0.2, 0.25) is 10.0 Å². The molecule has 126 valence electrons. The van der Waals surface area contributed by atoms with Gasteiger partial charge in [0.05, 0.1) is 24.4 Å². The third kappa shape index (κ3) is 3.88. The van der Waals surface area contributed by atoms with Gasteiger partial charge in [0, 0.05) is 6.54 Å². The SMILES string of the molecule is C[C@@H]1CCCC[C@H]1OCCNS(=O)(=O)c1cccc2nsnc12. The maximum atomic E-state index is 12.4. The van der Waals surface area contributed by atoms with Gasteiger partial charge in [0.1, 0.15) is 15.9 Å². The van der Waals surface area contributed by atoms with Crippen molar-refractivity contribution in [3.05, 3.63) is 18.2 Å². The summed E-state index contributed by atoms with van der Waals surface area (Å²) in [6.07, 6.45) is 4.96. The molecule has 1 aromatic carbocycles. The van der Waals surface area contributed by atoms with Crippen molar-refractivity contribution < 1.29 is 13.2 Å². The monoisotopic (exact) mass is 355 g/mol. The Bertz CT molecular complexity index is 760. The van der Waals surface area contributed by atoms with Gasteiger partial charge in [-0.15, -0.1) is 0 Å². The summed E-state index contributed by atoms with van der Waals surface area (Å²) in [7, 11) is -3.60. The first-order valence-electron chi connectivity index (χ1n) is 7.90. The Morgan fingerprint density at radius 2 is 2.13 bits per heavy atom. The molecule has 0 spiro atoms. The van der Waals surface area contributed by atoms with E-state index in [0.29, 0.717) is 23.6 Å². The molecular weight excluding hydrogens is 334 g/mol. The van der Waals surface area contributed by atoms with Crippen molar-refractivity contribution in [3.63, 3.8) is 0 Å². The fourth-order valence-corrected chi connectivity index (χ4v) is 4.77. The minimum atomic E-state index is -3.60. The van der Waals surface area contributed by atoms with Gasteiger partial charge in [-0.2, -0.15) is 8.75 Å². The lowest BCUT2D eigenvalue weighted by molar-refractivity contribution is -0.00176. The van der Waals surface area contributed by atoms with Gasteiger partial charge in [-0.1, -0.05) is 25.8 Å². The zero-order chi connectivity index (χ0) is 16.3. The van der Waals surface area contributed by atoms with Gasteiger partial charge >= 0.3 is 0 Å². The van der Waals surface area contributed by atoms with Crippen molar-refractivity contribution in [1.29, 1.82) is 0 Å². The second-order valence-electron chi connectivity index (χ2n) is 5.96. The Morgan fingerprint density at radius 3 is 2.96 bits per heavy atom. The number of nitrogens with one attached hydrogen (secondary N) is 1. The predicted molar refractivity (Wildman–Crippen MR) is 90.0 cm³/mol. The van der Waals surface area contributed by atoms with Crippen LogP contribution in [-0.2, 0) is 14.8 Å². The van der Waals surface area contributed by atoms with Gasteiger partial charge in [-0.3, -0.25) is 0 Å². The van der Waals surface area contributed by atoms with E-state index in [0.717, 1.165) is 18.1 Å². The summed E-state index contributed by atoms with van der Waals surface area (Å²) in [5.74, 6) is 0.551. The summed E-state index contributed by atoms with van der Waals surface area (Å²) in [5.41, 5.74) is 1.02. The first-order valence-corrected chi connectivity index (χ1v) is 10.1. The summed E-state index contributed by atoms with van der Waals surface area (Å²) in [6.45, 7) is 2.85. The van der Waals surface area contributed by atoms with E-state index in [2.05, 4.69) is 20.4 Å². The molecule has 0 radical (unpaired) electrons. The van der Waals surface area contributed by atoms with Crippen LogP contribution in [0.5, 0.6) is 0 Å². The normalized spacial score (nSPS) is 22.5. The molecule has 1 aliphatic carbocycles. The van der Waals surface area contributed by atoms with E-state index in [1.165, 1.54) is 19.3 Å².